The van der Waals surface area contributed by atoms with Crippen LogP contribution in [0, 0.1) is 6.92 Å². The molecule has 9 heteroatoms. The number of carbonyl (C=O) groups excluding carboxylic acids is 1. The molecule has 0 bridgehead atoms. The van der Waals surface area contributed by atoms with Gasteiger partial charge < -0.3 is 4.42 Å². The molecule has 8 nitrogen and oxygen atoms in total. The SMILES string of the molecule is Cc1nc(-c2nnc(NC(=O)c3ccnn3C)o2)cs1. The molecule has 3 aromatic heterocycles. The number of nitrogens with one attached hydrogen (secondary N) is 1. The Morgan fingerprint density at radius 1 is 1.45 bits per heavy atom. The zero-order valence-corrected chi connectivity index (χ0v) is 11.5. The summed E-state index contributed by atoms with van der Waals surface area (Å²) in [4.78, 5) is 16.2. The lowest BCUT2D eigenvalue weighted by Gasteiger charge is -1.99. The summed E-state index contributed by atoms with van der Waals surface area (Å²) in [7, 11) is 1.67. The van der Waals surface area contributed by atoms with Crippen molar-refractivity contribution < 1.29 is 9.21 Å². The third-order valence-corrected chi connectivity index (χ3v) is 3.31. The van der Waals surface area contributed by atoms with Gasteiger partial charge in [-0.05, 0) is 13.0 Å². The molecule has 0 unspecified atom stereocenters. The van der Waals surface area contributed by atoms with E-state index in [-0.39, 0.29) is 17.8 Å². The second-order valence-corrected chi connectivity index (χ2v) is 5.02. The maximum absolute atomic E-state index is 11.9. The minimum absolute atomic E-state index is 0.0249. The zero-order chi connectivity index (χ0) is 14.1. The molecular formula is C11H10N6O2S. The van der Waals surface area contributed by atoms with Crippen LogP contribution in [0.4, 0.5) is 6.01 Å². The van der Waals surface area contributed by atoms with E-state index in [4.69, 9.17) is 4.42 Å². The maximum Gasteiger partial charge on any atom is 0.322 e. The summed E-state index contributed by atoms with van der Waals surface area (Å²) in [6, 6.07) is 1.62. The minimum atomic E-state index is -0.366. The highest BCUT2D eigenvalue weighted by Gasteiger charge is 2.16. The van der Waals surface area contributed by atoms with Crippen LogP contribution in [0.2, 0.25) is 0 Å². The number of nitrogens with zero attached hydrogens (tertiary/aromatic N) is 5. The Labute approximate surface area is 117 Å². The summed E-state index contributed by atoms with van der Waals surface area (Å²) in [5.41, 5.74) is 0.996. The van der Waals surface area contributed by atoms with Crippen LogP contribution in [-0.4, -0.2) is 30.9 Å². The molecule has 0 aliphatic carbocycles. The lowest BCUT2D eigenvalue weighted by molar-refractivity contribution is 0.101. The molecule has 0 aliphatic rings. The van der Waals surface area contributed by atoms with Crippen molar-refractivity contribution in [2.24, 2.45) is 7.05 Å². The predicted octanol–water partition coefficient (Wildman–Crippen LogP) is 1.49. The third kappa shape index (κ3) is 2.30. The molecule has 1 amide bonds. The molecule has 102 valence electrons. The van der Waals surface area contributed by atoms with Crippen molar-refractivity contribution in [3.63, 3.8) is 0 Å². The second kappa shape index (κ2) is 4.85. The van der Waals surface area contributed by atoms with Gasteiger partial charge in [0.2, 0.25) is 0 Å². The lowest BCUT2D eigenvalue weighted by atomic mass is 10.4. The fraction of sp³-hybridized carbons (Fsp3) is 0.182. The average molecular weight is 290 g/mol. The molecule has 0 aromatic carbocycles. The number of aromatic nitrogens is 5. The van der Waals surface area contributed by atoms with Crippen molar-refractivity contribution in [3.05, 3.63) is 28.3 Å². The topological polar surface area (TPSA) is 98.7 Å². The first-order valence-electron chi connectivity index (χ1n) is 5.69. The Morgan fingerprint density at radius 3 is 2.95 bits per heavy atom. The molecular weight excluding hydrogens is 280 g/mol. The molecule has 0 fully saturated rings. The van der Waals surface area contributed by atoms with Gasteiger partial charge in [-0.1, -0.05) is 5.10 Å². The van der Waals surface area contributed by atoms with Gasteiger partial charge in [-0.25, -0.2) is 4.98 Å². The number of aryl methyl sites for hydroxylation is 2. The van der Waals surface area contributed by atoms with Crippen LogP contribution in [-0.2, 0) is 7.05 Å². The van der Waals surface area contributed by atoms with Crippen LogP contribution < -0.4 is 5.32 Å². The molecule has 0 atom stereocenters. The van der Waals surface area contributed by atoms with Crippen molar-refractivity contribution in [1.29, 1.82) is 0 Å². The Bertz CT molecular complexity index is 758. The largest absolute Gasteiger partial charge is 0.401 e. The van der Waals surface area contributed by atoms with E-state index in [0.29, 0.717) is 11.4 Å². The first kappa shape index (κ1) is 12.5. The summed E-state index contributed by atoms with van der Waals surface area (Å²) in [6.07, 6.45) is 1.53. The van der Waals surface area contributed by atoms with Gasteiger partial charge in [-0.2, -0.15) is 5.10 Å². The van der Waals surface area contributed by atoms with Gasteiger partial charge in [-0.3, -0.25) is 14.8 Å². The second-order valence-electron chi connectivity index (χ2n) is 3.96. The van der Waals surface area contributed by atoms with Gasteiger partial charge in [0.15, 0.2) is 0 Å². The molecule has 3 aromatic rings. The quantitative estimate of drug-likeness (QED) is 0.784. The van der Waals surface area contributed by atoms with Crippen LogP contribution in [0.5, 0.6) is 0 Å². The van der Waals surface area contributed by atoms with E-state index in [2.05, 4.69) is 25.6 Å². The zero-order valence-electron chi connectivity index (χ0n) is 10.7. The van der Waals surface area contributed by atoms with Crippen LogP contribution in [0.1, 0.15) is 15.5 Å². The highest BCUT2D eigenvalue weighted by molar-refractivity contribution is 7.09. The fourth-order valence-corrected chi connectivity index (χ4v) is 2.18. The monoisotopic (exact) mass is 290 g/mol. The van der Waals surface area contributed by atoms with E-state index < -0.39 is 0 Å². The molecule has 20 heavy (non-hydrogen) atoms. The van der Waals surface area contributed by atoms with Gasteiger partial charge in [0.1, 0.15) is 11.4 Å². The summed E-state index contributed by atoms with van der Waals surface area (Å²) in [5.74, 6) is -0.0932. The van der Waals surface area contributed by atoms with Gasteiger partial charge >= 0.3 is 6.01 Å². The van der Waals surface area contributed by atoms with Gasteiger partial charge in [-0.15, -0.1) is 16.4 Å². The summed E-state index contributed by atoms with van der Waals surface area (Å²) >= 11 is 1.48. The highest BCUT2D eigenvalue weighted by atomic mass is 32.1. The van der Waals surface area contributed by atoms with Crippen LogP contribution >= 0.6 is 11.3 Å². The van der Waals surface area contributed by atoms with E-state index in [1.807, 2.05) is 12.3 Å². The molecule has 3 rings (SSSR count). The summed E-state index contributed by atoms with van der Waals surface area (Å²) in [5, 5.41) is 16.8. The van der Waals surface area contributed by atoms with E-state index in [1.54, 1.807) is 13.1 Å². The Balaban J connectivity index is 1.78. The van der Waals surface area contributed by atoms with Crippen molar-refractivity contribution in [2.45, 2.75) is 6.92 Å². The van der Waals surface area contributed by atoms with Crippen molar-refractivity contribution in [2.75, 3.05) is 5.32 Å². The third-order valence-electron chi connectivity index (χ3n) is 2.54. The number of amides is 1. The number of rotatable bonds is 3. The molecule has 0 spiro atoms. The van der Waals surface area contributed by atoms with Crippen LogP contribution in [0.15, 0.2) is 22.1 Å². The molecule has 0 aliphatic heterocycles. The Morgan fingerprint density at radius 2 is 2.30 bits per heavy atom. The van der Waals surface area contributed by atoms with Gasteiger partial charge in [0.25, 0.3) is 11.8 Å². The Kier molecular flexibility index (Phi) is 3.03. The predicted molar refractivity (Wildman–Crippen MR) is 71.3 cm³/mol. The van der Waals surface area contributed by atoms with Gasteiger partial charge in [0, 0.05) is 18.6 Å². The molecule has 0 saturated heterocycles. The molecule has 3 heterocycles. The number of anilines is 1. The minimum Gasteiger partial charge on any atom is -0.401 e. The molecule has 0 saturated carbocycles. The first-order chi connectivity index (χ1) is 9.63. The fourth-order valence-electron chi connectivity index (χ4n) is 1.60. The van der Waals surface area contributed by atoms with Crippen molar-refractivity contribution in [3.8, 4) is 11.6 Å². The first-order valence-corrected chi connectivity index (χ1v) is 6.57. The highest BCUT2D eigenvalue weighted by Crippen LogP contribution is 2.21. The maximum atomic E-state index is 11.9. The number of thiazole rings is 1. The molecule has 1 N–H and O–H groups in total. The van der Waals surface area contributed by atoms with Crippen molar-refractivity contribution in [1.82, 2.24) is 25.0 Å². The van der Waals surface area contributed by atoms with E-state index in [0.717, 1.165) is 5.01 Å². The number of hydrogen-bond acceptors (Lipinski definition) is 7. The summed E-state index contributed by atoms with van der Waals surface area (Å²) < 4.78 is 6.81. The lowest BCUT2D eigenvalue weighted by Crippen LogP contribution is -2.16. The van der Waals surface area contributed by atoms with Crippen LogP contribution in [0.25, 0.3) is 11.6 Å². The van der Waals surface area contributed by atoms with Crippen molar-refractivity contribution >= 4 is 23.3 Å². The Hall–Kier alpha value is -2.55. The van der Waals surface area contributed by atoms with E-state index in [9.17, 15) is 4.79 Å². The van der Waals surface area contributed by atoms with Crippen LogP contribution in [0.3, 0.4) is 0 Å². The van der Waals surface area contributed by atoms with E-state index in [1.165, 1.54) is 22.2 Å². The standard InChI is InChI=1S/C11H10N6O2S/c1-6-13-7(5-20-6)10-15-16-11(19-10)14-9(18)8-3-4-12-17(8)2/h3-5H,1-2H3,(H,14,16,18). The number of carbonyl (C=O) groups is 1. The average Bonchev–Trinajstić information content (AvgIpc) is 3.10. The smallest absolute Gasteiger partial charge is 0.322 e. The normalized spacial score (nSPS) is 10.7. The van der Waals surface area contributed by atoms with Gasteiger partial charge in [0.05, 0.1) is 5.01 Å². The molecule has 0 radical (unpaired) electrons. The number of hydrogen-bond donors (Lipinski definition) is 1. The van der Waals surface area contributed by atoms with E-state index >= 15 is 0 Å². The summed E-state index contributed by atoms with van der Waals surface area (Å²) in [6.45, 7) is 1.88.